The number of rotatable bonds is 6. The molecule has 0 aromatic heterocycles. The molecule has 2 amide bonds. The van der Waals surface area contributed by atoms with E-state index < -0.39 is 5.60 Å². The van der Waals surface area contributed by atoms with Crippen molar-refractivity contribution in [3.8, 4) is 11.1 Å². The first-order chi connectivity index (χ1) is 19.3. The number of alkyl carbamates (subject to hydrolysis) is 1. The molecule has 7 nitrogen and oxygen atoms in total. The molecule has 3 aliphatic rings. The van der Waals surface area contributed by atoms with Gasteiger partial charge in [-0.05, 0) is 73.6 Å². The van der Waals surface area contributed by atoms with E-state index in [9.17, 15) is 9.59 Å². The number of piperazine rings is 1. The van der Waals surface area contributed by atoms with Gasteiger partial charge < -0.3 is 24.6 Å². The maximum Gasteiger partial charge on any atom is 0.410 e. The van der Waals surface area contributed by atoms with Gasteiger partial charge in [-0.3, -0.25) is 0 Å². The van der Waals surface area contributed by atoms with Gasteiger partial charge in [0, 0.05) is 37.3 Å². The van der Waals surface area contributed by atoms with Crippen molar-refractivity contribution >= 4 is 17.9 Å². The molecule has 40 heavy (non-hydrogen) atoms. The lowest BCUT2D eigenvalue weighted by molar-refractivity contribution is 0.0214. The fraction of sp³-hybridized carbons (Fsp3) is 0.394. The summed E-state index contributed by atoms with van der Waals surface area (Å²) in [4.78, 5) is 29.3. The van der Waals surface area contributed by atoms with Crippen molar-refractivity contribution in [1.82, 2.24) is 10.2 Å². The van der Waals surface area contributed by atoms with E-state index in [0.717, 1.165) is 24.9 Å². The average Bonchev–Trinajstić information content (AvgIpc) is 3.63. The third kappa shape index (κ3) is 5.25. The standard InChI is InChI=1S/C33H37N3O4/c1-33(2,3)40-32(38)36-20-24-18-25(36)19-35(24)23-14-12-22(13-15-23)16-17-34-31(37)39-21-30-28-10-6-4-8-26(28)27-9-5-7-11-29(27)30/h4-15,24-25,30H,16-21H2,1-3H3,(H,34,37)/t24-,25-/m1/s1. The van der Waals surface area contributed by atoms with E-state index in [1.807, 2.05) is 49.9 Å². The summed E-state index contributed by atoms with van der Waals surface area (Å²) in [6.45, 7) is 8.06. The van der Waals surface area contributed by atoms with Crippen LogP contribution in [0.2, 0.25) is 0 Å². The van der Waals surface area contributed by atoms with Crippen molar-refractivity contribution in [3.05, 3.63) is 89.5 Å². The molecule has 2 heterocycles. The molecule has 0 radical (unpaired) electrons. The van der Waals surface area contributed by atoms with Crippen molar-refractivity contribution in [2.24, 2.45) is 0 Å². The Kier molecular flexibility index (Phi) is 6.90. The van der Waals surface area contributed by atoms with Gasteiger partial charge in [-0.15, -0.1) is 0 Å². The first kappa shape index (κ1) is 26.2. The Morgan fingerprint density at radius 3 is 2.12 bits per heavy atom. The normalized spacial score (nSPS) is 19.4. The third-order valence-electron chi connectivity index (χ3n) is 8.16. The molecular formula is C33H37N3O4. The van der Waals surface area contributed by atoms with Crippen LogP contribution < -0.4 is 10.2 Å². The average molecular weight is 540 g/mol. The van der Waals surface area contributed by atoms with Crippen LogP contribution in [0.25, 0.3) is 11.1 Å². The summed E-state index contributed by atoms with van der Waals surface area (Å²) >= 11 is 0. The summed E-state index contributed by atoms with van der Waals surface area (Å²) in [5, 5.41) is 2.91. The van der Waals surface area contributed by atoms with Crippen LogP contribution in [-0.4, -0.2) is 61.0 Å². The summed E-state index contributed by atoms with van der Waals surface area (Å²) in [5.74, 6) is 0.0581. The Morgan fingerprint density at radius 1 is 0.875 bits per heavy atom. The Labute approximate surface area is 236 Å². The maximum absolute atomic E-state index is 12.5. The SMILES string of the molecule is CC(C)(C)OC(=O)N1C[C@H]2C[C@@H]1CN2c1ccc(CCNC(=O)OCC2c3ccccc3-c3ccccc32)cc1. The van der Waals surface area contributed by atoms with Crippen LogP contribution in [0, 0.1) is 0 Å². The van der Waals surface area contributed by atoms with E-state index in [2.05, 4.69) is 58.7 Å². The van der Waals surface area contributed by atoms with E-state index in [1.54, 1.807) is 0 Å². The second kappa shape index (κ2) is 10.5. The lowest BCUT2D eigenvalue weighted by Crippen LogP contribution is -2.50. The third-order valence-corrected chi connectivity index (χ3v) is 8.16. The number of ether oxygens (including phenoxy) is 2. The smallest absolute Gasteiger partial charge is 0.410 e. The minimum Gasteiger partial charge on any atom is -0.449 e. The molecule has 7 heteroatoms. The molecule has 3 aromatic rings. The first-order valence-corrected chi connectivity index (χ1v) is 14.2. The molecule has 0 saturated carbocycles. The number of nitrogens with one attached hydrogen (secondary N) is 1. The van der Waals surface area contributed by atoms with Gasteiger partial charge in [-0.2, -0.15) is 0 Å². The van der Waals surface area contributed by atoms with Gasteiger partial charge in [0.05, 0.1) is 6.04 Å². The number of hydrogen-bond donors (Lipinski definition) is 1. The van der Waals surface area contributed by atoms with Crippen LogP contribution >= 0.6 is 0 Å². The molecular weight excluding hydrogens is 502 g/mol. The molecule has 2 saturated heterocycles. The number of benzene rings is 3. The minimum absolute atomic E-state index is 0.0581. The lowest BCUT2D eigenvalue weighted by Gasteiger charge is -2.36. The van der Waals surface area contributed by atoms with Crippen molar-refractivity contribution in [2.75, 3.05) is 31.1 Å². The van der Waals surface area contributed by atoms with Crippen LogP contribution in [0.15, 0.2) is 72.8 Å². The van der Waals surface area contributed by atoms with Gasteiger partial charge in [0.15, 0.2) is 0 Å². The highest BCUT2D eigenvalue weighted by atomic mass is 16.6. The predicted molar refractivity (Wildman–Crippen MR) is 156 cm³/mol. The monoisotopic (exact) mass is 539 g/mol. The summed E-state index contributed by atoms with van der Waals surface area (Å²) in [5.41, 5.74) is 6.71. The van der Waals surface area contributed by atoms with Crippen molar-refractivity contribution in [3.63, 3.8) is 0 Å². The van der Waals surface area contributed by atoms with Gasteiger partial charge >= 0.3 is 12.2 Å². The van der Waals surface area contributed by atoms with Crippen LogP contribution in [-0.2, 0) is 15.9 Å². The Morgan fingerprint density at radius 2 is 1.52 bits per heavy atom. The number of fused-ring (bicyclic) bond motifs is 5. The lowest BCUT2D eigenvalue weighted by atomic mass is 9.98. The topological polar surface area (TPSA) is 71.1 Å². The zero-order valence-electron chi connectivity index (χ0n) is 23.4. The molecule has 2 fully saturated rings. The van der Waals surface area contributed by atoms with Gasteiger partial charge in [-0.1, -0.05) is 60.7 Å². The molecule has 2 aliphatic heterocycles. The molecule has 1 aliphatic carbocycles. The zero-order valence-corrected chi connectivity index (χ0v) is 23.4. The molecule has 0 unspecified atom stereocenters. The van der Waals surface area contributed by atoms with Gasteiger partial charge in [0.1, 0.15) is 12.2 Å². The van der Waals surface area contributed by atoms with Crippen LogP contribution in [0.3, 0.4) is 0 Å². The molecule has 2 bridgehead atoms. The van der Waals surface area contributed by atoms with Crippen molar-refractivity contribution in [1.29, 1.82) is 0 Å². The fourth-order valence-electron chi connectivity index (χ4n) is 6.34. The van der Waals surface area contributed by atoms with E-state index in [4.69, 9.17) is 9.47 Å². The Bertz CT molecular complexity index is 1350. The highest BCUT2D eigenvalue weighted by Gasteiger charge is 2.46. The van der Waals surface area contributed by atoms with Crippen LogP contribution in [0.1, 0.15) is 49.8 Å². The highest BCUT2D eigenvalue weighted by molar-refractivity contribution is 5.79. The van der Waals surface area contributed by atoms with Gasteiger partial charge in [0.25, 0.3) is 0 Å². The Balaban J connectivity index is 0.964. The maximum atomic E-state index is 12.5. The van der Waals surface area contributed by atoms with Crippen LogP contribution in [0.5, 0.6) is 0 Å². The number of hydrogen-bond acceptors (Lipinski definition) is 5. The summed E-state index contributed by atoms with van der Waals surface area (Å²) in [7, 11) is 0. The number of carbonyl (C=O) groups is 2. The molecule has 1 N–H and O–H groups in total. The summed E-state index contributed by atoms with van der Waals surface area (Å²) in [6, 6.07) is 25.7. The fourth-order valence-corrected chi connectivity index (χ4v) is 6.34. The van der Waals surface area contributed by atoms with Gasteiger partial charge in [0.2, 0.25) is 0 Å². The minimum atomic E-state index is -0.478. The molecule has 208 valence electrons. The number of carbonyl (C=O) groups excluding carboxylic acids is 2. The van der Waals surface area contributed by atoms with E-state index >= 15 is 0 Å². The van der Waals surface area contributed by atoms with E-state index in [0.29, 0.717) is 25.7 Å². The van der Waals surface area contributed by atoms with Crippen molar-refractivity contribution < 1.29 is 19.1 Å². The second-order valence-corrected chi connectivity index (χ2v) is 12.0. The number of nitrogens with zero attached hydrogens (tertiary/aromatic N) is 2. The van der Waals surface area contributed by atoms with Crippen LogP contribution in [0.4, 0.5) is 15.3 Å². The highest BCUT2D eigenvalue weighted by Crippen LogP contribution is 2.44. The van der Waals surface area contributed by atoms with Gasteiger partial charge in [-0.25, -0.2) is 9.59 Å². The summed E-state index contributed by atoms with van der Waals surface area (Å²) < 4.78 is 11.2. The number of likely N-dealkylation sites (tertiary alicyclic amines) is 1. The zero-order chi connectivity index (χ0) is 27.9. The summed E-state index contributed by atoms with van der Waals surface area (Å²) in [6.07, 6.45) is 1.11. The molecule has 6 rings (SSSR count). The largest absolute Gasteiger partial charge is 0.449 e. The quantitative estimate of drug-likeness (QED) is 0.418. The molecule has 3 aromatic carbocycles. The van der Waals surface area contributed by atoms with E-state index in [-0.39, 0.29) is 24.1 Å². The van der Waals surface area contributed by atoms with E-state index in [1.165, 1.54) is 27.9 Å². The second-order valence-electron chi connectivity index (χ2n) is 12.0. The number of anilines is 1. The number of amides is 2. The van der Waals surface area contributed by atoms with Crippen molar-refractivity contribution in [2.45, 2.75) is 57.2 Å². The molecule has 0 spiro atoms. The Hall–Kier alpha value is -4.00. The first-order valence-electron chi connectivity index (χ1n) is 14.2. The molecule has 2 atom stereocenters. The predicted octanol–water partition coefficient (Wildman–Crippen LogP) is 5.97.